The summed E-state index contributed by atoms with van der Waals surface area (Å²) in [5, 5.41) is 20.3. The fraction of sp³-hybridized carbons (Fsp3) is 0.233. The van der Waals surface area contributed by atoms with E-state index in [2.05, 4.69) is 0 Å². The van der Waals surface area contributed by atoms with Crippen LogP contribution in [0.1, 0.15) is 31.9 Å². The number of amidine groups is 1. The Morgan fingerprint density at radius 2 is 1.62 bits per heavy atom. The lowest BCUT2D eigenvalue weighted by molar-refractivity contribution is -0.113. The van der Waals surface area contributed by atoms with E-state index in [4.69, 9.17) is 14.5 Å². The van der Waals surface area contributed by atoms with Crippen LogP contribution in [0.25, 0.3) is 6.08 Å². The third-order valence-corrected chi connectivity index (χ3v) is 7.13. The van der Waals surface area contributed by atoms with Crippen LogP contribution >= 0.6 is 11.8 Å². The molecule has 1 aliphatic heterocycles. The monoisotopic (exact) mass is 561 g/mol. The molecule has 0 spiro atoms. The molecular formula is C30H31N3O6S. The second kappa shape index (κ2) is 11.7. The Bertz CT molecular complexity index is 1440. The van der Waals surface area contributed by atoms with Crippen LogP contribution in [-0.4, -0.2) is 52.0 Å². The zero-order valence-corrected chi connectivity index (χ0v) is 23.7. The third-order valence-electron chi connectivity index (χ3n) is 6.16. The average Bonchev–Trinajstić information content (AvgIpc) is 3.22. The van der Waals surface area contributed by atoms with Gasteiger partial charge in [-0.1, -0.05) is 30.3 Å². The Morgan fingerprint density at radius 3 is 2.15 bits per heavy atom. The van der Waals surface area contributed by atoms with Gasteiger partial charge in [-0.05, 0) is 86.1 Å². The number of nitrogens with zero attached hydrogens (tertiary/aromatic N) is 3. The molecule has 40 heavy (non-hydrogen) atoms. The molecule has 1 fully saturated rings. The minimum absolute atomic E-state index is 0.122. The minimum Gasteiger partial charge on any atom is -0.502 e. The molecule has 1 heterocycles. The fourth-order valence-corrected chi connectivity index (χ4v) is 5.06. The van der Waals surface area contributed by atoms with Gasteiger partial charge < -0.3 is 19.7 Å². The average molecular weight is 562 g/mol. The van der Waals surface area contributed by atoms with Gasteiger partial charge in [0.25, 0.3) is 5.91 Å². The molecule has 0 bridgehead atoms. The number of phenolic OH excluding ortho intramolecular Hbond substituents is 1. The number of carbonyl (C=O) groups excluding carboxylic acids is 1. The maximum atomic E-state index is 13.6. The molecule has 0 saturated carbocycles. The zero-order chi connectivity index (χ0) is 29.0. The lowest BCUT2D eigenvalue weighted by Crippen LogP contribution is -2.44. The van der Waals surface area contributed by atoms with E-state index >= 15 is 0 Å². The summed E-state index contributed by atoms with van der Waals surface area (Å²) in [5.41, 5.74) is 2.18. The minimum atomic E-state index is -0.987. The molecule has 0 atom stereocenters. The molecule has 208 valence electrons. The summed E-state index contributed by atoms with van der Waals surface area (Å²) in [6, 6.07) is 19.8. The van der Waals surface area contributed by atoms with Crippen LogP contribution in [0, 0.1) is 0 Å². The van der Waals surface area contributed by atoms with Crippen LogP contribution in [0.4, 0.5) is 16.2 Å². The van der Waals surface area contributed by atoms with E-state index in [1.54, 1.807) is 35.2 Å². The van der Waals surface area contributed by atoms with E-state index in [-0.39, 0.29) is 29.7 Å². The predicted octanol–water partition coefficient (Wildman–Crippen LogP) is 6.50. The number of aromatic hydroxyl groups is 1. The smallest absolute Gasteiger partial charge is 0.408 e. The first-order valence-electron chi connectivity index (χ1n) is 12.4. The van der Waals surface area contributed by atoms with Gasteiger partial charge in [0.1, 0.15) is 0 Å². The van der Waals surface area contributed by atoms with Crippen molar-refractivity contribution in [1.82, 2.24) is 4.90 Å². The van der Waals surface area contributed by atoms with Gasteiger partial charge in [0, 0.05) is 12.1 Å². The predicted molar refractivity (Wildman–Crippen MR) is 158 cm³/mol. The van der Waals surface area contributed by atoms with Crippen molar-refractivity contribution in [3.8, 4) is 17.2 Å². The van der Waals surface area contributed by atoms with Gasteiger partial charge in [0.15, 0.2) is 16.7 Å². The van der Waals surface area contributed by atoms with E-state index in [0.717, 1.165) is 5.56 Å². The van der Waals surface area contributed by atoms with Crippen LogP contribution in [0.2, 0.25) is 0 Å². The summed E-state index contributed by atoms with van der Waals surface area (Å²) in [5.74, 6) is 0.0786. The van der Waals surface area contributed by atoms with E-state index in [0.29, 0.717) is 27.0 Å². The molecule has 1 aliphatic rings. The van der Waals surface area contributed by atoms with Crippen molar-refractivity contribution in [3.05, 3.63) is 82.8 Å². The van der Waals surface area contributed by atoms with E-state index in [9.17, 15) is 19.8 Å². The van der Waals surface area contributed by atoms with Gasteiger partial charge in [0.2, 0.25) is 5.75 Å². The molecule has 0 aliphatic carbocycles. The highest BCUT2D eigenvalue weighted by atomic mass is 32.2. The summed E-state index contributed by atoms with van der Waals surface area (Å²) >= 11 is 1.22. The standard InChI is InChI=1S/C30H31N3O6S/c1-30(2,3)32(29(36)37)18-19-11-13-21(14-12-19)31-28-33(22-9-7-6-8-10-22)27(35)25(40-28)17-20-15-23(38-4)26(34)24(16-20)39-5/h6-17,34H,18H2,1-5H3,(H,36,37)/b25-17+,31-28?. The number of para-hydroxylation sites is 1. The molecular weight excluding hydrogens is 530 g/mol. The first-order valence-corrected chi connectivity index (χ1v) is 13.3. The first kappa shape index (κ1) is 28.6. The van der Waals surface area contributed by atoms with Crippen molar-refractivity contribution >= 4 is 46.4 Å². The van der Waals surface area contributed by atoms with Crippen molar-refractivity contribution in [2.75, 3.05) is 19.1 Å². The van der Waals surface area contributed by atoms with Gasteiger partial charge in [-0.15, -0.1) is 0 Å². The van der Waals surface area contributed by atoms with Gasteiger partial charge in [-0.2, -0.15) is 0 Å². The van der Waals surface area contributed by atoms with Crippen LogP contribution in [0.3, 0.4) is 0 Å². The van der Waals surface area contributed by atoms with Gasteiger partial charge >= 0.3 is 6.09 Å². The van der Waals surface area contributed by atoms with Gasteiger partial charge in [-0.25, -0.2) is 9.79 Å². The number of amides is 2. The van der Waals surface area contributed by atoms with Crippen LogP contribution in [0.15, 0.2) is 76.6 Å². The number of rotatable bonds is 7. The number of ether oxygens (including phenoxy) is 2. The number of thioether (sulfide) groups is 1. The summed E-state index contributed by atoms with van der Waals surface area (Å²) in [4.78, 5) is 33.5. The Balaban J connectivity index is 1.69. The Kier molecular flexibility index (Phi) is 8.39. The number of methoxy groups -OCH3 is 2. The number of anilines is 1. The van der Waals surface area contributed by atoms with Crippen molar-refractivity contribution in [2.45, 2.75) is 32.9 Å². The molecule has 3 aromatic carbocycles. The summed E-state index contributed by atoms with van der Waals surface area (Å²) in [7, 11) is 2.88. The Hall–Kier alpha value is -4.44. The highest BCUT2D eigenvalue weighted by Crippen LogP contribution is 2.41. The van der Waals surface area contributed by atoms with E-state index in [1.807, 2.05) is 63.2 Å². The number of carboxylic acid groups (broad SMARTS) is 1. The molecule has 0 unspecified atom stereocenters. The van der Waals surface area contributed by atoms with Crippen molar-refractivity contribution < 1.29 is 29.3 Å². The number of aliphatic imine (C=N–C) groups is 1. The second-order valence-corrected chi connectivity index (χ2v) is 11.0. The van der Waals surface area contributed by atoms with Crippen molar-refractivity contribution in [3.63, 3.8) is 0 Å². The highest BCUT2D eigenvalue weighted by molar-refractivity contribution is 8.19. The maximum Gasteiger partial charge on any atom is 0.408 e. The maximum absolute atomic E-state index is 13.6. The Morgan fingerprint density at radius 1 is 1.02 bits per heavy atom. The quantitative estimate of drug-likeness (QED) is 0.317. The topological polar surface area (TPSA) is 112 Å². The van der Waals surface area contributed by atoms with Crippen molar-refractivity contribution in [1.29, 1.82) is 0 Å². The number of hydrogen-bond acceptors (Lipinski definition) is 7. The fourth-order valence-electron chi connectivity index (χ4n) is 4.06. The first-order chi connectivity index (χ1) is 19.0. The third kappa shape index (κ3) is 6.23. The summed E-state index contributed by atoms with van der Waals surface area (Å²) < 4.78 is 10.5. The normalized spacial score (nSPS) is 15.5. The second-order valence-electron chi connectivity index (χ2n) is 9.96. The summed E-state index contributed by atoms with van der Waals surface area (Å²) in [6.45, 7) is 5.79. The number of benzene rings is 3. The number of phenols is 1. The van der Waals surface area contributed by atoms with Gasteiger partial charge in [0.05, 0.1) is 30.5 Å². The lowest BCUT2D eigenvalue weighted by atomic mass is 10.1. The van der Waals surface area contributed by atoms with E-state index < -0.39 is 11.6 Å². The molecule has 9 nitrogen and oxygen atoms in total. The molecule has 10 heteroatoms. The molecule has 0 radical (unpaired) electrons. The Labute approximate surface area is 237 Å². The highest BCUT2D eigenvalue weighted by Gasteiger charge is 2.35. The molecule has 2 amide bonds. The number of carbonyl (C=O) groups is 2. The van der Waals surface area contributed by atoms with Crippen LogP contribution in [-0.2, 0) is 11.3 Å². The number of hydrogen-bond donors (Lipinski definition) is 2. The molecule has 2 N–H and O–H groups in total. The molecule has 1 saturated heterocycles. The van der Waals surface area contributed by atoms with Gasteiger partial charge in [-0.3, -0.25) is 14.6 Å². The van der Waals surface area contributed by atoms with Crippen molar-refractivity contribution in [2.24, 2.45) is 4.99 Å². The largest absolute Gasteiger partial charge is 0.502 e. The lowest BCUT2D eigenvalue weighted by Gasteiger charge is -2.33. The molecule has 4 rings (SSSR count). The zero-order valence-electron chi connectivity index (χ0n) is 22.9. The SMILES string of the molecule is COc1cc(/C=C2/SC(=Nc3ccc(CN(C(=O)O)C(C)(C)C)cc3)N(c3ccccc3)C2=O)cc(OC)c1O. The van der Waals surface area contributed by atoms with Crippen LogP contribution in [0.5, 0.6) is 17.2 Å². The molecule has 0 aromatic heterocycles. The van der Waals surface area contributed by atoms with Crippen LogP contribution < -0.4 is 14.4 Å². The summed E-state index contributed by atoms with van der Waals surface area (Å²) in [6.07, 6.45) is 0.714. The molecule has 3 aromatic rings. The van der Waals surface area contributed by atoms with E-state index in [1.165, 1.54) is 30.9 Å².